The number of carbonyl (C=O) groups excluding carboxylic acids is 2. The first-order chi connectivity index (χ1) is 24.6. The molecule has 1 aliphatic carbocycles. The SMILES string of the molecule is C=C/C(C)=C1C(=O)NC(c2cc(C3=CC(=S)C(CCc4ccc(C#N)c(C(F)(F)F)c4)C(=O)C3(C)C)ccc2OCC)=C=C\C=C/1CC(=C)CCC. The standard InChI is InChI=1S/C43H43F3N2O3S/c1-8-12-26(4)21-30-13-11-14-36(48-41(50)39(30)27(5)9-2)33-23-29(18-20-37(33)51-10-3)34-24-38(52)32(40(49)42(34,6)7)19-16-28-15-17-31(25-47)35(22-28)43(44,45)46/h9,11,13,15,17-18,20,22-24,32H,2,4,8,10,12,16,19,21H2,1,3,5-7H3,(H,48,50)/b30-13-,39-27+. The zero-order chi connectivity index (χ0) is 38.4. The molecule has 2 aromatic carbocycles. The number of carbonyl (C=O) groups is 2. The Hall–Kier alpha value is -5.03. The molecule has 52 heavy (non-hydrogen) atoms. The molecule has 0 bridgehead atoms. The van der Waals surface area contributed by atoms with E-state index in [2.05, 4.69) is 31.1 Å². The van der Waals surface area contributed by atoms with Gasteiger partial charge in [-0.3, -0.25) is 9.59 Å². The van der Waals surface area contributed by atoms with Crippen LogP contribution in [0.25, 0.3) is 11.3 Å². The maximum atomic E-state index is 14.1. The predicted octanol–water partition coefficient (Wildman–Crippen LogP) is 10.4. The highest BCUT2D eigenvalue weighted by Gasteiger charge is 2.42. The number of alkyl halides is 3. The largest absolute Gasteiger partial charge is 0.493 e. The van der Waals surface area contributed by atoms with Crippen molar-refractivity contribution in [2.24, 2.45) is 11.3 Å². The monoisotopic (exact) mass is 724 g/mol. The molecule has 270 valence electrons. The third kappa shape index (κ3) is 8.70. The van der Waals surface area contributed by atoms with E-state index in [9.17, 15) is 22.8 Å². The van der Waals surface area contributed by atoms with Gasteiger partial charge in [0.05, 0.1) is 35.4 Å². The second-order valence-corrected chi connectivity index (χ2v) is 13.9. The molecule has 5 nitrogen and oxygen atoms in total. The van der Waals surface area contributed by atoms with E-state index < -0.39 is 28.6 Å². The van der Waals surface area contributed by atoms with E-state index in [4.69, 9.17) is 22.2 Å². The smallest absolute Gasteiger partial charge is 0.417 e. The van der Waals surface area contributed by atoms with Crippen LogP contribution < -0.4 is 10.1 Å². The Morgan fingerprint density at radius 1 is 1.17 bits per heavy atom. The third-order valence-corrected chi connectivity index (χ3v) is 9.77. The maximum Gasteiger partial charge on any atom is 0.417 e. The Morgan fingerprint density at radius 2 is 1.90 bits per heavy atom. The van der Waals surface area contributed by atoms with Crippen molar-refractivity contribution < 1.29 is 27.5 Å². The van der Waals surface area contributed by atoms with Crippen molar-refractivity contribution in [2.75, 3.05) is 6.61 Å². The molecule has 0 fully saturated rings. The van der Waals surface area contributed by atoms with E-state index in [1.54, 1.807) is 44.2 Å². The molecular formula is C43H43F3N2O3S. The number of rotatable bonds is 12. The summed E-state index contributed by atoms with van der Waals surface area (Å²) in [4.78, 5) is 28.4. The molecule has 1 aliphatic heterocycles. The number of hydrogen-bond acceptors (Lipinski definition) is 5. The molecule has 9 heteroatoms. The summed E-state index contributed by atoms with van der Waals surface area (Å²) in [6.45, 7) is 17.8. The first-order valence-corrected chi connectivity index (χ1v) is 17.6. The topological polar surface area (TPSA) is 79.2 Å². The van der Waals surface area contributed by atoms with Gasteiger partial charge in [-0.05, 0) is 118 Å². The van der Waals surface area contributed by atoms with Crippen molar-refractivity contribution in [1.82, 2.24) is 5.32 Å². The van der Waals surface area contributed by atoms with Gasteiger partial charge in [-0.15, -0.1) is 0 Å². The van der Waals surface area contributed by atoms with E-state index in [1.807, 2.05) is 32.1 Å². The number of benzene rings is 2. The van der Waals surface area contributed by atoms with Gasteiger partial charge < -0.3 is 10.1 Å². The van der Waals surface area contributed by atoms with Crippen molar-refractivity contribution in [3.8, 4) is 11.8 Å². The fraction of sp³-hybridized carbons (Fsp3) is 0.326. The first kappa shape index (κ1) is 39.8. The maximum absolute atomic E-state index is 14.1. The molecule has 1 amide bonds. The molecule has 1 atom stereocenters. The summed E-state index contributed by atoms with van der Waals surface area (Å²) < 4.78 is 46.7. The van der Waals surface area contributed by atoms with Gasteiger partial charge in [-0.1, -0.05) is 74.3 Å². The molecule has 1 heterocycles. The summed E-state index contributed by atoms with van der Waals surface area (Å²) in [6.07, 6.45) is 5.13. The Labute approximate surface area is 309 Å². The number of nitrogens with one attached hydrogen (secondary N) is 1. The Balaban J connectivity index is 1.73. The van der Waals surface area contributed by atoms with E-state index in [-0.39, 0.29) is 24.5 Å². The minimum absolute atomic E-state index is 0.148. The first-order valence-electron chi connectivity index (χ1n) is 17.2. The van der Waals surface area contributed by atoms with Crippen LogP contribution in [-0.4, -0.2) is 23.2 Å². The van der Waals surface area contributed by atoms with Crippen LogP contribution in [0.5, 0.6) is 5.75 Å². The van der Waals surface area contributed by atoms with Gasteiger partial charge in [-0.2, -0.15) is 18.4 Å². The number of Topliss-reactive ketones (excluding diaryl/α,β-unsaturated/α-hetero) is 1. The summed E-state index contributed by atoms with van der Waals surface area (Å²) in [5, 5.41) is 12.2. The molecule has 4 rings (SSSR count). The minimum Gasteiger partial charge on any atom is -0.493 e. The number of amides is 1. The highest BCUT2D eigenvalue weighted by Crippen LogP contribution is 2.44. The molecule has 1 N–H and O–H groups in total. The number of thiocarbonyl (C=S) groups is 1. The summed E-state index contributed by atoms with van der Waals surface area (Å²) >= 11 is 5.75. The van der Waals surface area contributed by atoms with Crippen molar-refractivity contribution in [2.45, 2.75) is 72.9 Å². The third-order valence-electron chi connectivity index (χ3n) is 9.37. The highest BCUT2D eigenvalue weighted by molar-refractivity contribution is 7.80. The number of allylic oxidation sites excluding steroid dienone is 7. The lowest BCUT2D eigenvalue weighted by Gasteiger charge is -2.36. The molecular weight excluding hydrogens is 682 g/mol. The lowest BCUT2D eigenvalue weighted by Crippen LogP contribution is -2.39. The Bertz CT molecular complexity index is 2030. The van der Waals surface area contributed by atoms with Gasteiger partial charge in [0, 0.05) is 21.4 Å². The summed E-state index contributed by atoms with van der Waals surface area (Å²) in [6, 6.07) is 10.7. The fourth-order valence-corrected chi connectivity index (χ4v) is 6.95. The lowest BCUT2D eigenvalue weighted by atomic mass is 9.67. The van der Waals surface area contributed by atoms with Gasteiger partial charge >= 0.3 is 6.18 Å². The quantitative estimate of drug-likeness (QED) is 0.102. The summed E-state index contributed by atoms with van der Waals surface area (Å²) in [5.74, 6) is -0.650. The molecule has 0 spiro atoms. The van der Waals surface area contributed by atoms with Crippen LogP contribution in [0.4, 0.5) is 13.2 Å². The molecule has 0 radical (unpaired) electrons. The van der Waals surface area contributed by atoms with Crippen LogP contribution in [0.3, 0.4) is 0 Å². The van der Waals surface area contributed by atoms with Crippen LogP contribution in [0, 0.1) is 22.7 Å². The second kappa shape index (κ2) is 16.5. The molecule has 0 saturated carbocycles. The van der Waals surface area contributed by atoms with Gasteiger partial charge in [0.2, 0.25) is 0 Å². The Morgan fingerprint density at radius 3 is 2.54 bits per heavy atom. The molecule has 2 aromatic rings. The van der Waals surface area contributed by atoms with Crippen LogP contribution in [0.1, 0.15) is 88.1 Å². The Kier molecular flexibility index (Phi) is 12.6. The van der Waals surface area contributed by atoms with E-state index in [0.717, 1.165) is 41.7 Å². The number of ether oxygens (including phenoxy) is 1. The molecule has 0 aromatic heterocycles. The predicted molar refractivity (Wildman–Crippen MR) is 204 cm³/mol. The molecule has 0 saturated heterocycles. The van der Waals surface area contributed by atoms with Gasteiger partial charge in [-0.25, -0.2) is 0 Å². The number of aryl methyl sites for hydroxylation is 1. The minimum atomic E-state index is -4.68. The normalized spacial score (nSPS) is 19.2. The number of nitriles is 1. The zero-order valence-corrected chi connectivity index (χ0v) is 31.0. The van der Waals surface area contributed by atoms with Crippen molar-refractivity contribution >= 4 is 40.0 Å². The fourth-order valence-electron chi connectivity index (χ4n) is 6.61. The van der Waals surface area contributed by atoms with Crippen molar-refractivity contribution in [3.05, 3.63) is 130 Å². The molecule has 2 aliphatic rings. The molecule has 1 unspecified atom stereocenters. The number of ketones is 1. The van der Waals surface area contributed by atoms with Gasteiger partial charge in [0.15, 0.2) is 5.78 Å². The summed E-state index contributed by atoms with van der Waals surface area (Å²) in [7, 11) is 0. The van der Waals surface area contributed by atoms with Crippen molar-refractivity contribution in [3.63, 3.8) is 0 Å². The number of halogens is 3. The number of nitrogens with zero attached hydrogens (tertiary/aromatic N) is 1. The second-order valence-electron chi connectivity index (χ2n) is 13.4. The van der Waals surface area contributed by atoms with Crippen LogP contribution in [0.2, 0.25) is 0 Å². The lowest BCUT2D eigenvalue weighted by molar-refractivity contribution is -0.137. The van der Waals surface area contributed by atoms with Crippen LogP contribution >= 0.6 is 12.2 Å². The van der Waals surface area contributed by atoms with E-state index in [1.165, 1.54) is 6.07 Å². The van der Waals surface area contributed by atoms with Gasteiger partial charge in [0.1, 0.15) is 5.75 Å². The van der Waals surface area contributed by atoms with Gasteiger partial charge in [0.25, 0.3) is 5.91 Å². The zero-order valence-electron chi connectivity index (χ0n) is 30.2. The van der Waals surface area contributed by atoms with Crippen LogP contribution in [0.15, 0.2) is 102 Å². The van der Waals surface area contributed by atoms with E-state index >= 15 is 0 Å². The average Bonchev–Trinajstić information content (AvgIpc) is 3.08. The van der Waals surface area contributed by atoms with Crippen LogP contribution in [-0.2, 0) is 22.2 Å². The van der Waals surface area contributed by atoms with Crippen molar-refractivity contribution in [1.29, 1.82) is 5.26 Å². The highest BCUT2D eigenvalue weighted by atomic mass is 32.1. The average molecular weight is 725 g/mol. The summed E-state index contributed by atoms with van der Waals surface area (Å²) in [5.41, 5.74) is 6.49. The number of hydrogen-bond donors (Lipinski definition) is 1. The van der Waals surface area contributed by atoms with E-state index in [0.29, 0.717) is 57.2 Å².